The molecular weight excluding hydrogens is 339 g/mol. The Bertz CT molecular complexity index is 667. The smallest absolute Gasteiger partial charge is 0.469 e. The summed E-state index contributed by atoms with van der Waals surface area (Å²) in [5.41, 5.74) is 0.0455. The van der Waals surface area contributed by atoms with Crippen LogP contribution in [-0.4, -0.2) is 38.2 Å². The molecule has 0 aliphatic heterocycles. The molecule has 6 nitrogen and oxygen atoms in total. The van der Waals surface area contributed by atoms with Gasteiger partial charge < -0.3 is 14.8 Å². The molecule has 23 heavy (non-hydrogen) atoms. The molecule has 126 valence electrons. The van der Waals surface area contributed by atoms with E-state index in [1.54, 1.807) is 5.32 Å². The maximum absolute atomic E-state index is 12.4. The molecule has 1 aromatic heterocycles. The average Bonchev–Trinajstić information content (AvgIpc) is 3.03. The van der Waals surface area contributed by atoms with Crippen molar-refractivity contribution in [2.45, 2.75) is 24.9 Å². The number of carbonyl (C=O) groups excluding carboxylic acids is 3. The number of anilines is 1. The first-order valence-corrected chi connectivity index (χ1v) is 7.22. The van der Waals surface area contributed by atoms with E-state index in [9.17, 15) is 27.6 Å². The molecule has 0 saturated heterocycles. The number of hydrogen-bond acceptors (Lipinski definition) is 6. The van der Waals surface area contributed by atoms with Crippen LogP contribution >= 0.6 is 11.3 Å². The molecule has 0 bridgehead atoms. The van der Waals surface area contributed by atoms with E-state index in [1.807, 2.05) is 0 Å². The van der Waals surface area contributed by atoms with Crippen molar-refractivity contribution in [1.29, 1.82) is 0 Å². The number of carbonyl (C=O) groups is 3. The number of fused-ring (bicyclic) bond motifs is 1. The minimum atomic E-state index is -5.09. The van der Waals surface area contributed by atoms with Crippen LogP contribution in [0.25, 0.3) is 0 Å². The zero-order chi connectivity index (χ0) is 17.4. The molecule has 1 aliphatic rings. The number of methoxy groups -OCH3 is 2. The second-order valence-corrected chi connectivity index (χ2v) is 5.81. The molecule has 2 rings (SSSR count). The highest BCUT2D eigenvalue weighted by Crippen LogP contribution is 2.46. The fourth-order valence-corrected chi connectivity index (χ4v) is 3.67. The topological polar surface area (TPSA) is 81.7 Å². The summed E-state index contributed by atoms with van der Waals surface area (Å²) in [7, 11) is 2.24. The lowest BCUT2D eigenvalue weighted by atomic mass is 9.99. The molecule has 1 aromatic rings. The van der Waals surface area contributed by atoms with Crippen LogP contribution < -0.4 is 5.32 Å². The van der Waals surface area contributed by atoms with Crippen molar-refractivity contribution in [3.63, 3.8) is 0 Å². The number of aryl methyl sites for hydroxylation is 1. The van der Waals surface area contributed by atoms with Gasteiger partial charge in [0.2, 0.25) is 0 Å². The van der Waals surface area contributed by atoms with Crippen LogP contribution in [-0.2, 0) is 25.5 Å². The van der Waals surface area contributed by atoms with Crippen LogP contribution in [0.15, 0.2) is 0 Å². The molecule has 1 N–H and O–H groups in total. The predicted octanol–water partition coefficient (Wildman–Crippen LogP) is 2.24. The maximum Gasteiger partial charge on any atom is 0.471 e. The van der Waals surface area contributed by atoms with Crippen molar-refractivity contribution in [3.8, 4) is 0 Å². The summed E-state index contributed by atoms with van der Waals surface area (Å²) < 4.78 is 46.5. The second-order valence-electron chi connectivity index (χ2n) is 4.70. The minimum absolute atomic E-state index is 0.224. The Labute approximate surface area is 132 Å². The molecule has 1 amide bonds. The summed E-state index contributed by atoms with van der Waals surface area (Å²) in [6.45, 7) is 0. The molecule has 1 aliphatic carbocycles. The second kappa shape index (κ2) is 6.19. The van der Waals surface area contributed by atoms with Crippen LogP contribution in [0.1, 0.15) is 33.1 Å². The van der Waals surface area contributed by atoms with E-state index >= 15 is 0 Å². The van der Waals surface area contributed by atoms with Gasteiger partial charge in [0.25, 0.3) is 0 Å². The summed E-state index contributed by atoms with van der Waals surface area (Å²) >= 11 is 0.828. The number of halogens is 3. The van der Waals surface area contributed by atoms with Gasteiger partial charge >= 0.3 is 24.0 Å². The molecule has 1 heterocycles. The van der Waals surface area contributed by atoms with Gasteiger partial charge in [0, 0.05) is 4.88 Å². The normalized spacial score (nSPS) is 16.7. The molecule has 0 unspecified atom stereocenters. The quantitative estimate of drug-likeness (QED) is 0.845. The Hall–Kier alpha value is -2.10. The number of hydrogen-bond donors (Lipinski definition) is 1. The van der Waals surface area contributed by atoms with E-state index in [-0.39, 0.29) is 16.1 Å². The highest BCUT2D eigenvalue weighted by molar-refractivity contribution is 7.17. The van der Waals surface area contributed by atoms with Crippen LogP contribution in [0.3, 0.4) is 0 Å². The number of alkyl halides is 3. The first-order chi connectivity index (χ1) is 10.7. The molecule has 0 aromatic carbocycles. The Kier molecular flexibility index (Phi) is 4.64. The largest absolute Gasteiger partial charge is 0.471 e. The highest BCUT2D eigenvalue weighted by atomic mass is 32.1. The molecule has 0 fully saturated rings. The Morgan fingerprint density at radius 3 is 2.39 bits per heavy atom. The summed E-state index contributed by atoms with van der Waals surface area (Å²) in [6.07, 6.45) is -4.32. The van der Waals surface area contributed by atoms with Gasteiger partial charge in [-0.2, -0.15) is 13.2 Å². The highest BCUT2D eigenvalue weighted by Gasteiger charge is 2.42. The number of esters is 2. The standard InChI is InChI=1S/C13H12F3NO5S/c1-21-10(18)5-3-4-6-7(5)8(11(19)22-2)9(23-6)17-12(20)13(14,15)16/h5H,3-4H2,1-2H3,(H,17,20)/t5-/m0/s1. The van der Waals surface area contributed by atoms with Crippen molar-refractivity contribution >= 4 is 34.2 Å². The third-order valence-electron chi connectivity index (χ3n) is 3.39. The van der Waals surface area contributed by atoms with E-state index in [1.165, 1.54) is 7.11 Å². The van der Waals surface area contributed by atoms with Crippen molar-refractivity contribution < 1.29 is 37.0 Å². The van der Waals surface area contributed by atoms with E-state index in [2.05, 4.69) is 9.47 Å². The van der Waals surface area contributed by atoms with Gasteiger partial charge in [0.05, 0.1) is 25.7 Å². The van der Waals surface area contributed by atoms with E-state index in [4.69, 9.17) is 0 Å². The first kappa shape index (κ1) is 17.3. The number of ether oxygens (including phenoxy) is 2. The summed E-state index contributed by atoms with van der Waals surface area (Å²) in [6, 6.07) is 0. The Morgan fingerprint density at radius 1 is 1.22 bits per heavy atom. The third-order valence-corrected chi connectivity index (χ3v) is 4.57. The summed E-state index contributed by atoms with van der Waals surface area (Å²) in [5, 5.41) is 1.39. The lowest BCUT2D eigenvalue weighted by Gasteiger charge is -2.12. The summed E-state index contributed by atoms with van der Waals surface area (Å²) in [5.74, 6) is -4.48. The van der Waals surface area contributed by atoms with Crippen LogP contribution in [0.5, 0.6) is 0 Å². The molecule has 0 radical (unpaired) electrons. The predicted molar refractivity (Wildman–Crippen MR) is 73.4 cm³/mol. The van der Waals surface area contributed by atoms with Crippen molar-refractivity contribution in [2.24, 2.45) is 0 Å². The van der Waals surface area contributed by atoms with Crippen molar-refractivity contribution in [3.05, 3.63) is 16.0 Å². The van der Waals surface area contributed by atoms with E-state index in [0.717, 1.165) is 18.4 Å². The fraction of sp³-hybridized carbons (Fsp3) is 0.462. The van der Waals surface area contributed by atoms with Gasteiger partial charge in [-0.25, -0.2) is 4.79 Å². The molecule has 1 atom stereocenters. The van der Waals surface area contributed by atoms with E-state index < -0.39 is 29.9 Å². The van der Waals surface area contributed by atoms with E-state index in [0.29, 0.717) is 17.7 Å². The zero-order valence-corrected chi connectivity index (χ0v) is 12.9. The van der Waals surface area contributed by atoms with Gasteiger partial charge in [-0.3, -0.25) is 9.59 Å². The van der Waals surface area contributed by atoms with Crippen LogP contribution in [0.4, 0.5) is 18.2 Å². The number of thiophene rings is 1. The number of nitrogens with one attached hydrogen (secondary N) is 1. The van der Waals surface area contributed by atoms with Gasteiger partial charge in [0.1, 0.15) is 5.00 Å². The number of rotatable bonds is 3. The zero-order valence-electron chi connectivity index (χ0n) is 12.1. The molecular formula is C13H12F3NO5S. The SMILES string of the molecule is COC(=O)c1c(NC(=O)C(F)(F)F)sc2c1[C@@H](C(=O)OC)CC2. The maximum atomic E-state index is 12.4. The summed E-state index contributed by atoms with van der Waals surface area (Å²) in [4.78, 5) is 35.4. The lowest BCUT2D eigenvalue weighted by Crippen LogP contribution is -2.30. The fourth-order valence-electron chi connectivity index (χ4n) is 2.41. The van der Waals surface area contributed by atoms with Crippen molar-refractivity contribution in [1.82, 2.24) is 0 Å². The van der Waals surface area contributed by atoms with Gasteiger partial charge in [-0.15, -0.1) is 11.3 Å². The minimum Gasteiger partial charge on any atom is -0.469 e. The lowest BCUT2D eigenvalue weighted by molar-refractivity contribution is -0.167. The molecule has 0 saturated carbocycles. The van der Waals surface area contributed by atoms with Crippen LogP contribution in [0.2, 0.25) is 0 Å². The van der Waals surface area contributed by atoms with Crippen molar-refractivity contribution in [2.75, 3.05) is 19.5 Å². The Balaban J connectivity index is 2.48. The van der Waals surface area contributed by atoms with Gasteiger partial charge in [0.15, 0.2) is 0 Å². The van der Waals surface area contributed by atoms with Gasteiger partial charge in [-0.05, 0) is 18.4 Å². The molecule has 10 heteroatoms. The first-order valence-electron chi connectivity index (χ1n) is 6.40. The monoisotopic (exact) mass is 351 g/mol. The van der Waals surface area contributed by atoms with Crippen LogP contribution in [0, 0.1) is 0 Å². The average molecular weight is 351 g/mol. The third kappa shape index (κ3) is 3.16. The van der Waals surface area contributed by atoms with Gasteiger partial charge in [-0.1, -0.05) is 0 Å². The Morgan fingerprint density at radius 2 is 1.87 bits per heavy atom. The number of amides is 1. The molecule has 0 spiro atoms.